The van der Waals surface area contributed by atoms with E-state index in [1.54, 1.807) is 6.20 Å². The van der Waals surface area contributed by atoms with E-state index in [1.165, 1.54) is 0 Å². The first kappa shape index (κ1) is 14.7. The van der Waals surface area contributed by atoms with Gasteiger partial charge in [0, 0.05) is 43.3 Å². The van der Waals surface area contributed by atoms with E-state index in [0.29, 0.717) is 13.0 Å². The summed E-state index contributed by atoms with van der Waals surface area (Å²) < 4.78 is 0. The zero-order valence-electron chi connectivity index (χ0n) is 13.0. The Morgan fingerprint density at radius 3 is 3.00 bits per heavy atom. The molecule has 0 saturated carbocycles. The first-order chi connectivity index (χ1) is 10.6. The van der Waals surface area contributed by atoms with Gasteiger partial charge in [-0.1, -0.05) is 6.07 Å². The van der Waals surface area contributed by atoms with Crippen LogP contribution in [0.4, 0.5) is 0 Å². The molecule has 0 bridgehead atoms. The topological polar surface area (TPSA) is 73.9 Å². The molecule has 3 heterocycles. The number of hydrogen-bond donors (Lipinski definition) is 2. The number of carbonyl (C=O) groups excluding carboxylic acids is 1. The Labute approximate surface area is 129 Å². The van der Waals surface area contributed by atoms with Crippen molar-refractivity contribution in [2.45, 2.75) is 26.3 Å². The van der Waals surface area contributed by atoms with E-state index in [1.807, 2.05) is 37.1 Å². The molecule has 0 aromatic carbocycles. The average Bonchev–Trinajstić information content (AvgIpc) is 2.88. The van der Waals surface area contributed by atoms with Crippen molar-refractivity contribution >= 4 is 5.91 Å². The minimum Gasteiger partial charge on any atom is -0.339 e. The summed E-state index contributed by atoms with van der Waals surface area (Å²) in [6.07, 6.45) is 4.03. The lowest BCUT2D eigenvalue weighted by Crippen LogP contribution is -2.48. The van der Waals surface area contributed by atoms with Crippen molar-refractivity contribution in [1.29, 1.82) is 0 Å². The molecule has 6 heteroatoms. The molecule has 1 unspecified atom stereocenters. The van der Waals surface area contributed by atoms with E-state index in [-0.39, 0.29) is 11.9 Å². The van der Waals surface area contributed by atoms with E-state index >= 15 is 0 Å². The van der Waals surface area contributed by atoms with Crippen molar-refractivity contribution in [2.24, 2.45) is 0 Å². The van der Waals surface area contributed by atoms with E-state index < -0.39 is 0 Å². The Balaban J connectivity index is 1.68. The van der Waals surface area contributed by atoms with Gasteiger partial charge in [-0.25, -0.2) is 0 Å². The minimum absolute atomic E-state index is 0.151. The van der Waals surface area contributed by atoms with Gasteiger partial charge in [-0.2, -0.15) is 5.10 Å². The second-order valence-corrected chi connectivity index (χ2v) is 5.72. The van der Waals surface area contributed by atoms with E-state index in [4.69, 9.17) is 0 Å². The van der Waals surface area contributed by atoms with E-state index in [9.17, 15) is 4.79 Å². The van der Waals surface area contributed by atoms with Crippen molar-refractivity contribution in [3.05, 3.63) is 47.0 Å². The van der Waals surface area contributed by atoms with Crippen LogP contribution in [0.1, 0.15) is 28.6 Å². The molecule has 1 saturated heterocycles. The third-order valence-corrected chi connectivity index (χ3v) is 4.22. The Hall–Kier alpha value is -2.21. The van der Waals surface area contributed by atoms with E-state index in [0.717, 1.165) is 35.6 Å². The predicted molar refractivity (Wildman–Crippen MR) is 83.3 cm³/mol. The van der Waals surface area contributed by atoms with Gasteiger partial charge in [0.1, 0.15) is 0 Å². The van der Waals surface area contributed by atoms with Crippen molar-refractivity contribution in [3.8, 4) is 0 Å². The number of aromatic nitrogens is 3. The molecular formula is C16H21N5O. The third kappa shape index (κ3) is 3.01. The van der Waals surface area contributed by atoms with Crippen LogP contribution in [0.15, 0.2) is 24.5 Å². The van der Waals surface area contributed by atoms with E-state index in [2.05, 4.69) is 20.5 Å². The average molecular weight is 299 g/mol. The molecule has 1 atom stereocenters. The molecule has 2 aromatic heterocycles. The molecule has 1 aliphatic rings. The number of nitrogens with zero attached hydrogens (tertiary/aromatic N) is 3. The number of aryl methyl sites for hydroxylation is 2. The molecule has 1 aliphatic heterocycles. The van der Waals surface area contributed by atoms with Crippen LogP contribution < -0.4 is 5.32 Å². The number of aromatic amines is 1. The van der Waals surface area contributed by atoms with Gasteiger partial charge in [-0.15, -0.1) is 0 Å². The van der Waals surface area contributed by atoms with Gasteiger partial charge in [0.2, 0.25) is 5.91 Å². The number of H-pyrrole nitrogens is 1. The number of piperazine rings is 1. The zero-order chi connectivity index (χ0) is 15.5. The lowest BCUT2D eigenvalue weighted by atomic mass is 10.0. The standard InChI is InChI=1S/C16H21N5O/c1-11-14(12(2)20-19-11)8-16(22)21-7-6-18-15(10-21)13-4-3-5-17-9-13/h3-5,9,15,18H,6-8,10H2,1-2H3,(H,19,20). The number of rotatable bonds is 3. The quantitative estimate of drug-likeness (QED) is 0.891. The maximum Gasteiger partial charge on any atom is 0.227 e. The molecule has 116 valence electrons. The van der Waals surface area contributed by atoms with Crippen molar-refractivity contribution < 1.29 is 4.79 Å². The van der Waals surface area contributed by atoms with Crippen LogP contribution >= 0.6 is 0 Å². The van der Waals surface area contributed by atoms with Crippen LogP contribution in [0, 0.1) is 13.8 Å². The van der Waals surface area contributed by atoms with Gasteiger partial charge in [0.15, 0.2) is 0 Å². The van der Waals surface area contributed by atoms with Crippen LogP contribution in [0.5, 0.6) is 0 Å². The fraction of sp³-hybridized carbons (Fsp3) is 0.438. The Morgan fingerprint density at radius 1 is 1.45 bits per heavy atom. The van der Waals surface area contributed by atoms with Crippen LogP contribution in [0.2, 0.25) is 0 Å². The first-order valence-electron chi connectivity index (χ1n) is 7.56. The summed E-state index contributed by atoms with van der Waals surface area (Å²) in [6.45, 7) is 6.11. The summed E-state index contributed by atoms with van der Waals surface area (Å²) in [4.78, 5) is 18.7. The summed E-state index contributed by atoms with van der Waals surface area (Å²) in [5.74, 6) is 0.156. The van der Waals surface area contributed by atoms with Gasteiger partial charge in [-0.05, 0) is 25.5 Å². The highest BCUT2D eigenvalue weighted by Gasteiger charge is 2.25. The smallest absolute Gasteiger partial charge is 0.227 e. The van der Waals surface area contributed by atoms with Crippen LogP contribution in [-0.2, 0) is 11.2 Å². The summed E-state index contributed by atoms with van der Waals surface area (Å²) in [7, 11) is 0. The molecule has 0 radical (unpaired) electrons. The van der Waals surface area contributed by atoms with Gasteiger partial charge in [-0.3, -0.25) is 14.9 Å². The highest BCUT2D eigenvalue weighted by atomic mass is 16.2. The molecule has 0 spiro atoms. The van der Waals surface area contributed by atoms with Gasteiger partial charge in [0.05, 0.1) is 18.2 Å². The fourth-order valence-electron chi connectivity index (χ4n) is 2.88. The van der Waals surface area contributed by atoms with Crippen LogP contribution in [0.3, 0.4) is 0 Å². The molecule has 22 heavy (non-hydrogen) atoms. The molecule has 3 rings (SSSR count). The summed E-state index contributed by atoms with van der Waals surface area (Å²) in [6, 6.07) is 4.12. The number of carbonyl (C=O) groups is 1. The lowest BCUT2D eigenvalue weighted by Gasteiger charge is -2.34. The third-order valence-electron chi connectivity index (χ3n) is 4.22. The second kappa shape index (κ2) is 6.27. The summed E-state index contributed by atoms with van der Waals surface area (Å²) in [5.41, 5.74) is 4.02. The highest BCUT2D eigenvalue weighted by Crippen LogP contribution is 2.18. The minimum atomic E-state index is 0.151. The number of nitrogens with one attached hydrogen (secondary N) is 2. The maximum absolute atomic E-state index is 12.6. The summed E-state index contributed by atoms with van der Waals surface area (Å²) in [5, 5.41) is 10.5. The van der Waals surface area contributed by atoms with Crippen molar-refractivity contribution in [3.63, 3.8) is 0 Å². The Morgan fingerprint density at radius 2 is 2.32 bits per heavy atom. The monoisotopic (exact) mass is 299 g/mol. The van der Waals surface area contributed by atoms with Crippen LogP contribution in [-0.4, -0.2) is 45.6 Å². The molecular weight excluding hydrogens is 278 g/mol. The molecule has 2 N–H and O–H groups in total. The zero-order valence-corrected chi connectivity index (χ0v) is 13.0. The first-order valence-corrected chi connectivity index (χ1v) is 7.56. The second-order valence-electron chi connectivity index (χ2n) is 5.72. The number of amides is 1. The molecule has 2 aromatic rings. The number of pyridine rings is 1. The van der Waals surface area contributed by atoms with Crippen molar-refractivity contribution in [1.82, 2.24) is 25.4 Å². The SMILES string of the molecule is Cc1n[nH]c(C)c1CC(=O)N1CCNC(c2cccnc2)C1. The molecule has 0 aliphatic carbocycles. The fourth-order valence-corrected chi connectivity index (χ4v) is 2.88. The Bertz CT molecular complexity index is 632. The van der Waals surface area contributed by atoms with Crippen LogP contribution in [0.25, 0.3) is 0 Å². The number of hydrogen-bond acceptors (Lipinski definition) is 4. The molecule has 1 amide bonds. The predicted octanol–water partition coefficient (Wildman–Crippen LogP) is 1.14. The highest BCUT2D eigenvalue weighted by molar-refractivity contribution is 5.79. The van der Waals surface area contributed by atoms with Gasteiger partial charge < -0.3 is 10.2 Å². The summed E-state index contributed by atoms with van der Waals surface area (Å²) >= 11 is 0. The lowest BCUT2D eigenvalue weighted by molar-refractivity contribution is -0.131. The van der Waals surface area contributed by atoms with Gasteiger partial charge >= 0.3 is 0 Å². The largest absolute Gasteiger partial charge is 0.339 e. The maximum atomic E-state index is 12.6. The molecule has 1 fully saturated rings. The molecule has 6 nitrogen and oxygen atoms in total. The Kier molecular flexibility index (Phi) is 4.20. The van der Waals surface area contributed by atoms with Crippen molar-refractivity contribution in [2.75, 3.05) is 19.6 Å². The van der Waals surface area contributed by atoms with Gasteiger partial charge in [0.25, 0.3) is 0 Å². The normalized spacial score (nSPS) is 18.5.